The third kappa shape index (κ3) is 4.95. The van der Waals surface area contributed by atoms with Crippen LogP contribution in [0.4, 0.5) is 11.4 Å². The van der Waals surface area contributed by atoms with Gasteiger partial charge in [-0.15, -0.1) is 0 Å². The summed E-state index contributed by atoms with van der Waals surface area (Å²) in [5.74, 6) is 0.860. The van der Waals surface area contributed by atoms with Gasteiger partial charge in [0.1, 0.15) is 5.82 Å². The molecule has 0 bridgehead atoms. The van der Waals surface area contributed by atoms with Crippen LogP contribution in [0.25, 0.3) is 17.1 Å². The van der Waals surface area contributed by atoms with Crippen LogP contribution in [-0.2, 0) is 22.5 Å². The Morgan fingerprint density at radius 1 is 0.861 bits per heavy atom. The first kappa shape index (κ1) is 27.1. The van der Waals surface area contributed by atoms with Gasteiger partial charge in [0.15, 0.2) is 11.0 Å². The molecule has 0 fully saturated rings. The number of fused-ring (bicyclic) bond motifs is 2. The molecule has 36 heavy (non-hydrogen) atoms. The second kappa shape index (κ2) is 10.4. The minimum Gasteiger partial charge on any atom is -0.326 e. The Morgan fingerprint density at radius 3 is 1.89 bits per heavy atom. The van der Waals surface area contributed by atoms with Crippen molar-refractivity contribution < 1.29 is 17.5 Å². The first-order chi connectivity index (χ1) is 17.0. The molecule has 0 aliphatic carbocycles. The summed E-state index contributed by atoms with van der Waals surface area (Å²) in [6, 6.07) is 7.01. The van der Waals surface area contributed by atoms with Crippen LogP contribution in [-0.4, -0.2) is 30.6 Å². The lowest BCUT2D eigenvalue weighted by atomic mass is 10.2. The number of halogens is 4. The van der Waals surface area contributed by atoms with Crippen molar-refractivity contribution in [2.45, 2.75) is 33.2 Å². The van der Waals surface area contributed by atoms with Gasteiger partial charge in [-0.05, 0) is 39.0 Å². The normalized spacial score (nSPS) is 13.9. The Hall–Kier alpha value is -1.94. The lowest BCUT2D eigenvalue weighted by Gasteiger charge is -2.23. The molecule has 7 nitrogen and oxygen atoms in total. The summed E-state index contributed by atoms with van der Waals surface area (Å²) in [6.45, 7) is 7.98. The van der Waals surface area contributed by atoms with E-state index in [0.717, 1.165) is 17.2 Å². The topological polar surface area (TPSA) is 69.7 Å². The predicted octanol–water partition coefficient (Wildman–Crippen LogP) is 6.63. The first-order valence-corrected chi connectivity index (χ1v) is 14.4. The lowest BCUT2D eigenvalue weighted by molar-refractivity contribution is -0.654. The van der Waals surface area contributed by atoms with Gasteiger partial charge < -0.3 is 9.80 Å². The summed E-state index contributed by atoms with van der Waals surface area (Å²) in [5, 5.41) is 1.61. The van der Waals surface area contributed by atoms with Gasteiger partial charge in [0.05, 0.1) is 38.0 Å². The second-order valence-electron chi connectivity index (χ2n) is 8.12. The van der Waals surface area contributed by atoms with Crippen molar-refractivity contribution in [3.8, 4) is 0 Å². The van der Waals surface area contributed by atoms with Crippen LogP contribution in [0.3, 0.4) is 0 Å². The highest BCUT2D eigenvalue weighted by atomic mass is 35.5. The zero-order valence-corrected chi connectivity index (χ0v) is 23.7. The minimum atomic E-state index is -4.34. The molecule has 0 saturated carbocycles. The van der Waals surface area contributed by atoms with E-state index in [1.165, 1.54) is 4.57 Å². The molecular formula is C24H25Cl4N4O3S+. The Kier molecular flexibility index (Phi) is 7.86. The molecule has 0 radical (unpaired) electrons. The maximum atomic E-state index is 11.9. The number of hydrogen-bond donors (Lipinski definition) is 1. The standard InChI is InChI=1S/C24H24Cl4N4O3S/c1-4-29-19-10-15(25)16(26)11-20(19)30(5-2)23(29)8-7-9-24-31(6-3)21-12-17(27)18(28)13-22(21)32(24)14-36(33,34)35/h7-13H,4-6,14H2,1-3H3/p+1. The summed E-state index contributed by atoms with van der Waals surface area (Å²) in [4.78, 5) is 4.26. The van der Waals surface area contributed by atoms with Crippen molar-refractivity contribution in [2.75, 3.05) is 22.9 Å². The van der Waals surface area contributed by atoms with Crippen LogP contribution in [0.5, 0.6) is 0 Å². The van der Waals surface area contributed by atoms with Gasteiger partial charge in [-0.25, -0.2) is 9.13 Å². The monoisotopic (exact) mass is 589 g/mol. The Balaban J connectivity index is 1.86. The van der Waals surface area contributed by atoms with E-state index in [1.54, 1.807) is 18.2 Å². The summed E-state index contributed by atoms with van der Waals surface area (Å²) in [6.07, 6.45) is 5.60. The molecule has 0 spiro atoms. The maximum absolute atomic E-state index is 11.9. The number of allylic oxidation sites excluding steroid dienone is 2. The molecule has 1 aliphatic heterocycles. The molecule has 1 aromatic heterocycles. The third-order valence-electron chi connectivity index (χ3n) is 6.04. The number of aromatic nitrogens is 2. The molecule has 192 valence electrons. The molecular weight excluding hydrogens is 566 g/mol. The molecule has 0 saturated heterocycles. The zero-order chi connectivity index (χ0) is 26.4. The predicted molar refractivity (Wildman–Crippen MR) is 149 cm³/mol. The molecule has 1 aliphatic rings. The van der Waals surface area contributed by atoms with Gasteiger partial charge >= 0.3 is 10.1 Å². The fraction of sp³-hybridized carbons (Fsp3) is 0.292. The van der Waals surface area contributed by atoms with Crippen LogP contribution < -0.4 is 14.4 Å². The summed E-state index contributed by atoms with van der Waals surface area (Å²) in [7, 11) is -4.34. The van der Waals surface area contributed by atoms with E-state index >= 15 is 0 Å². The summed E-state index contributed by atoms with van der Waals surface area (Å²) < 4.78 is 36.8. The average molecular weight is 591 g/mol. The van der Waals surface area contributed by atoms with Crippen molar-refractivity contribution in [1.82, 2.24) is 4.57 Å². The van der Waals surface area contributed by atoms with Gasteiger partial charge in [-0.1, -0.05) is 52.5 Å². The number of imidazole rings is 1. The van der Waals surface area contributed by atoms with Crippen LogP contribution in [0, 0.1) is 0 Å². The van der Waals surface area contributed by atoms with Gasteiger partial charge in [-0.3, -0.25) is 4.55 Å². The number of nitrogens with zero attached hydrogens (tertiary/aromatic N) is 4. The zero-order valence-electron chi connectivity index (χ0n) is 19.8. The Morgan fingerprint density at radius 2 is 1.39 bits per heavy atom. The van der Waals surface area contributed by atoms with Crippen molar-refractivity contribution >= 4 is 85.0 Å². The third-order valence-corrected chi connectivity index (χ3v) is 8.06. The molecule has 1 N–H and O–H groups in total. The van der Waals surface area contributed by atoms with Crippen LogP contribution in [0.2, 0.25) is 20.1 Å². The maximum Gasteiger partial charge on any atom is 0.304 e. The van der Waals surface area contributed by atoms with E-state index in [1.807, 2.05) is 49.6 Å². The van der Waals surface area contributed by atoms with Crippen LogP contribution in [0.15, 0.2) is 42.2 Å². The van der Waals surface area contributed by atoms with E-state index in [2.05, 4.69) is 9.80 Å². The largest absolute Gasteiger partial charge is 0.326 e. The van der Waals surface area contributed by atoms with Crippen LogP contribution >= 0.6 is 46.4 Å². The fourth-order valence-corrected chi connectivity index (χ4v) is 5.81. The molecule has 4 rings (SSSR count). The smallest absolute Gasteiger partial charge is 0.304 e. The highest BCUT2D eigenvalue weighted by Gasteiger charge is 2.31. The van der Waals surface area contributed by atoms with Gasteiger partial charge in [0, 0.05) is 31.3 Å². The fourth-order valence-electron chi connectivity index (χ4n) is 4.58. The van der Waals surface area contributed by atoms with E-state index in [9.17, 15) is 13.0 Å². The van der Waals surface area contributed by atoms with Crippen molar-refractivity contribution in [1.29, 1.82) is 0 Å². The summed E-state index contributed by atoms with van der Waals surface area (Å²) >= 11 is 25.1. The van der Waals surface area contributed by atoms with Gasteiger partial charge in [0.2, 0.25) is 5.88 Å². The Bertz CT molecular complexity index is 1480. The van der Waals surface area contributed by atoms with Crippen molar-refractivity contribution in [2.24, 2.45) is 0 Å². The van der Waals surface area contributed by atoms with Crippen molar-refractivity contribution in [3.05, 3.63) is 68.2 Å². The molecule has 3 aromatic rings. The van der Waals surface area contributed by atoms with Crippen LogP contribution in [0.1, 0.15) is 26.6 Å². The highest BCUT2D eigenvalue weighted by Crippen LogP contribution is 2.45. The van der Waals surface area contributed by atoms with E-state index in [0.29, 0.717) is 51.6 Å². The van der Waals surface area contributed by atoms with Crippen molar-refractivity contribution in [3.63, 3.8) is 0 Å². The Labute approximate surface area is 230 Å². The van der Waals surface area contributed by atoms with E-state index in [4.69, 9.17) is 46.4 Å². The lowest BCUT2D eigenvalue weighted by Crippen LogP contribution is -2.40. The summed E-state index contributed by atoms with van der Waals surface area (Å²) in [5.41, 5.74) is 3.16. The van der Waals surface area contributed by atoms with E-state index in [-0.39, 0.29) is 5.02 Å². The average Bonchev–Trinajstić information content (AvgIpc) is 3.24. The quantitative estimate of drug-likeness (QED) is 0.247. The highest BCUT2D eigenvalue weighted by molar-refractivity contribution is 7.84. The number of rotatable bonds is 7. The minimum absolute atomic E-state index is 0.289. The molecule has 12 heteroatoms. The molecule has 0 atom stereocenters. The van der Waals surface area contributed by atoms with E-state index < -0.39 is 16.0 Å². The molecule has 0 amide bonds. The van der Waals surface area contributed by atoms with Gasteiger partial charge in [0.25, 0.3) is 5.82 Å². The van der Waals surface area contributed by atoms with Gasteiger partial charge in [-0.2, -0.15) is 8.42 Å². The molecule has 0 unspecified atom stereocenters. The second-order valence-corrected chi connectivity index (χ2v) is 11.2. The number of anilines is 2. The number of aryl methyl sites for hydroxylation is 1. The first-order valence-electron chi connectivity index (χ1n) is 11.3. The number of benzene rings is 2. The molecule has 2 heterocycles. The number of hydrogen-bond acceptors (Lipinski definition) is 4. The molecule has 2 aromatic carbocycles. The SMILES string of the molecule is CCN1C(=C/C=C/c2n(CC)c3cc(Cl)c(Cl)cc3[n+]2CS(=O)(=O)O)N(CC)c2cc(Cl)c(Cl)cc21.